The smallest absolute Gasteiger partial charge is 0.298 e. The third-order valence-corrected chi connectivity index (χ3v) is 5.25. The molecule has 0 aliphatic heterocycles. The van der Waals surface area contributed by atoms with Crippen LogP contribution in [0.15, 0.2) is 48.5 Å². The molecular weight excluding hydrogens is 300 g/mol. The minimum Gasteiger partial charge on any atom is -0.508 e. The molecule has 2 aromatic rings. The van der Waals surface area contributed by atoms with E-state index in [4.69, 9.17) is 4.74 Å². The quantitative estimate of drug-likeness (QED) is 0.821. The second-order valence-corrected chi connectivity index (χ2v) is 7.56. The first-order chi connectivity index (χ1) is 11.5. The summed E-state index contributed by atoms with van der Waals surface area (Å²) in [5.74, 6) is 0.850. The molecule has 0 radical (unpaired) electrons. The maximum Gasteiger partial charge on any atom is 0.298 e. The van der Waals surface area contributed by atoms with E-state index in [2.05, 4.69) is 26.0 Å². The third kappa shape index (κ3) is 3.16. The lowest BCUT2D eigenvalue weighted by molar-refractivity contribution is -0.120. The molecule has 1 saturated carbocycles. The van der Waals surface area contributed by atoms with Crippen LogP contribution in [-0.2, 0) is 10.2 Å². The number of ether oxygens (including phenoxy) is 1. The average molecular weight is 324 g/mol. The van der Waals surface area contributed by atoms with Crippen molar-refractivity contribution < 1.29 is 14.6 Å². The molecule has 1 aliphatic carbocycles. The number of carbonyl (C=O) groups is 1. The predicted molar refractivity (Wildman–Crippen MR) is 94.3 cm³/mol. The number of carbonyl (C=O) groups excluding carboxylic acids is 1. The SMILES string of the molecule is CC1(C)CCCC(c2ccc(O)cc2)(c2ccc(OC=O)cc2)C1. The van der Waals surface area contributed by atoms with Crippen LogP contribution in [-0.4, -0.2) is 11.6 Å². The zero-order chi connectivity index (χ0) is 17.2. The van der Waals surface area contributed by atoms with Crippen LogP contribution in [0.5, 0.6) is 11.5 Å². The molecule has 3 heteroatoms. The van der Waals surface area contributed by atoms with Crippen LogP contribution < -0.4 is 4.74 Å². The summed E-state index contributed by atoms with van der Waals surface area (Å²) in [5, 5.41) is 9.66. The van der Waals surface area contributed by atoms with Crippen LogP contribution >= 0.6 is 0 Å². The van der Waals surface area contributed by atoms with Gasteiger partial charge in [-0.15, -0.1) is 0 Å². The highest BCUT2D eigenvalue weighted by Gasteiger charge is 2.42. The standard InChI is InChI=1S/C21H24O3/c1-20(2)12-3-13-21(14-20,16-4-8-18(23)9-5-16)17-6-10-19(11-7-17)24-15-22/h4-11,15,23H,3,12-14H2,1-2H3. The Hall–Kier alpha value is -2.29. The van der Waals surface area contributed by atoms with Crippen molar-refractivity contribution in [2.75, 3.05) is 0 Å². The second-order valence-electron chi connectivity index (χ2n) is 7.56. The topological polar surface area (TPSA) is 46.5 Å². The number of benzene rings is 2. The molecule has 0 spiro atoms. The molecule has 3 nitrogen and oxygen atoms in total. The Morgan fingerprint density at radius 2 is 1.54 bits per heavy atom. The zero-order valence-electron chi connectivity index (χ0n) is 14.3. The van der Waals surface area contributed by atoms with Crippen molar-refractivity contribution in [1.82, 2.24) is 0 Å². The second kappa shape index (κ2) is 6.31. The predicted octanol–water partition coefficient (Wildman–Crippen LogP) is 4.81. The summed E-state index contributed by atoms with van der Waals surface area (Å²) in [6.45, 7) is 5.10. The van der Waals surface area contributed by atoms with Crippen molar-refractivity contribution >= 4 is 6.47 Å². The fourth-order valence-electron chi connectivity index (χ4n) is 4.21. The van der Waals surface area contributed by atoms with Gasteiger partial charge in [0.05, 0.1) is 0 Å². The molecular formula is C21H24O3. The molecule has 0 heterocycles. The van der Waals surface area contributed by atoms with Crippen LogP contribution in [0.25, 0.3) is 0 Å². The van der Waals surface area contributed by atoms with Gasteiger partial charge in [-0.2, -0.15) is 0 Å². The fraction of sp³-hybridized carbons (Fsp3) is 0.381. The number of aromatic hydroxyl groups is 1. The van der Waals surface area contributed by atoms with Gasteiger partial charge in [-0.25, -0.2) is 0 Å². The summed E-state index contributed by atoms with van der Waals surface area (Å²) in [7, 11) is 0. The van der Waals surface area contributed by atoms with Gasteiger partial charge in [0.1, 0.15) is 11.5 Å². The molecule has 2 aromatic carbocycles. The van der Waals surface area contributed by atoms with Gasteiger partial charge < -0.3 is 9.84 Å². The lowest BCUT2D eigenvalue weighted by atomic mass is 9.58. The number of phenolic OH excluding ortho intramolecular Hbond substituents is 1. The minimum absolute atomic E-state index is 0.0742. The first-order valence-electron chi connectivity index (χ1n) is 8.46. The minimum atomic E-state index is -0.0742. The number of hydrogen-bond donors (Lipinski definition) is 1. The van der Waals surface area contributed by atoms with Crippen LogP contribution in [0, 0.1) is 5.41 Å². The molecule has 24 heavy (non-hydrogen) atoms. The lowest BCUT2D eigenvalue weighted by Crippen LogP contribution is -2.37. The van der Waals surface area contributed by atoms with E-state index in [1.807, 2.05) is 24.3 Å². The molecule has 1 atom stereocenters. The first-order valence-corrected chi connectivity index (χ1v) is 8.46. The van der Waals surface area contributed by atoms with E-state index in [1.165, 1.54) is 24.0 Å². The fourth-order valence-corrected chi connectivity index (χ4v) is 4.21. The van der Waals surface area contributed by atoms with Crippen LogP contribution in [0.1, 0.15) is 50.7 Å². The van der Waals surface area contributed by atoms with Gasteiger partial charge in [0.2, 0.25) is 0 Å². The van der Waals surface area contributed by atoms with Gasteiger partial charge in [-0.1, -0.05) is 44.5 Å². The van der Waals surface area contributed by atoms with Gasteiger partial charge in [0.15, 0.2) is 0 Å². The van der Waals surface area contributed by atoms with E-state index < -0.39 is 0 Å². The van der Waals surface area contributed by atoms with E-state index in [0.29, 0.717) is 18.0 Å². The monoisotopic (exact) mass is 324 g/mol. The Morgan fingerprint density at radius 1 is 0.958 bits per heavy atom. The average Bonchev–Trinajstić information content (AvgIpc) is 2.55. The Bertz CT molecular complexity index is 701. The Kier molecular flexibility index (Phi) is 4.35. The summed E-state index contributed by atoms with van der Waals surface area (Å²) in [4.78, 5) is 10.5. The molecule has 0 bridgehead atoms. The van der Waals surface area contributed by atoms with Crippen molar-refractivity contribution in [1.29, 1.82) is 0 Å². The van der Waals surface area contributed by atoms with Gasteiger partial charge in [0.25, 0.3) is 6.47 Å². The third-order valence-electron chi connectivity index (χ3n) is 5.25. The van der Waals surface area contributed by atoms with E-state index in [1.54, 1.807) is 12.1 Å². The Balaban J connectivity index is 2.07. The lowest BCUT2D eigenvalue weighted by Gasteiger charge is -2.46. The molecule has 0 aromatic heterocycles. The highest BCUT2D eigenvalue weighted by atomic mass is 16.5. The molecule has 0 amide bonds. The van der Waals surface area contributed by atoms with Crippen LogP contribution in [0.4, 0.5) is 0 Å². The van der Waals surface area contributed by atoms with E-state index >= 15 is 0 Å². The highest BCUT2D eigenvalue weighted by Crippen LogP contribution is 2.51. The normalized spacial score (nSPS) is 22.8. The zero-order valence-corrected chi connectivity index (χ0v) is 14.3. The molecule has 0 saturated heterocycles. The van der Waals surface area contributed by atoms with Crippen molar-refractivity contribution in [2.24, 2.45) is 5.41 Å². The van der Waals surface area contributed by atoms with Crippen LogP contribution in [0.3, 0.4) is 0 Å². The molecule has 3 rings (SSSR count). The molecule has 1 aliphatic rings. The summed E-state index contributed by atoms with van der Waals surface area (Å²) < 4.78 is 4.93. The molecule has 1 N–H and O–H groups in total. The number of phenols is 1. The maximum absolute atomic E-state index is 10.5. The van der Waals surface area contributed by atoms with E-state index in [-0.39, 0.29) is 10.8 Å². The molecule has 1 unspecified atom stereocenters. The van der Waals surface area contributed by atoms with E-state index in [9.17, 15) is 9.90 Å². The van der Waals surface area contributed by atoms with Crippen LogP contribution in [0.2, 0.25) is 0 Å². The van der Waals surface area contributed by atoms with E-state index in [0.717, 1.165) is 12.8 Å². The van der Waals surface area contributed by atoms with Crippen molar-refractivity contribution in [2.45, 2.75) is 44.9 Å². The summed E-state index contributed by atoms with van der Waals surface area (Å²) in [6, 6.07) is 15.4. The van der Waals surface area contributed by atoms with Crippen molar-refractivity contribution in [3.8, 4) is 11.5 Å². The van der Waals surface area contributed by atoms with Gasteiger partial charge in [0, 0.05) is 5.41 Å². The number of rotatable bonds is 4. The summed E-state index contributed by atoms with van der Waals surface area (Å²) >= 11 is 0. The molecule has 126 valence electrons. The largest absolute Gasteiger partial charge is 0.508 e. The van der Waals surface area contributed by atoms with Gasteiger partial charge in [-0.3, -0.25) is 4.79 Å². The Labute approximate surface area is 143 Å². The maximum atomic E-state index is 10.5. The van der Waals surface area contributed by atoms with Crippen molar-refractivity contribution in [3.63, 3.8) is 0 Å². The molecule has 1 fully saturated rings. The summed E-state index contributed by atoms with van der Waals surface area (Å²) in [6.07, 6.45) is 4.52. The van der Waals surface area contributed by atoms with Gasteiger partial charge >= 0.3 is 0 Å². The number of hydrogen-bond acceptors (Lipinski definition) is 3. The van der Waals surface area contributed by atoms with Gasteiger partial charge in [-0.05, 0) is 60.1 Å². The Morgan fingerprint density at radius 3 is 2.08 bits per heavy atom. The van der Waals surface area contributed by atoms with Crippen molar-refractivity contribution in [3.05, 3.63) is 59.7 Å². The summed E-state index contributed by atoms with van der Waals surface area (Å²) in [5.41, 5.74) is 2.65. The first kappa shape index (κ1) is 16.6. The highest BCUT2D eigenvalue weighted by molar-refractivity contribution is 5.48.